The second-order valence-corrected chi connectivity index (χ2v) is 35.4. The van der Waals surface area contributed by atoms with E-state index < -0.39 is 0 Å². The Bertz CT molecular complexity index is 8290. The van der Waals surface area contributed by atoms with Crippen LogP contribution in [0.1, 0.15) is 0 Å². The van der Waals surface area contributed by atoms with Crippen LogP contribution in [-0.4, -0.2) is 0 Å². The highest BCUT2D eigenvalue weighted by atomic mass is 15.2. The Morgan fingerprint density at radius 1 is 0.0922 bits per heavy atom. The molecule has 0 unspecified atom stereocenters. The molecule has 0 N–H and O–H groups in total. The van der Waals surface area contributed by atoms with E-state index in [0.29, 0.717) is 0 Å². The average molecular weight is 1800 g/mol. The van der Waals surface area contributed by atoms with Crippen molar-refractivity contribution in [3.05, 3.63) is 601 Å². The van der Waals surface area contributed by atoms with Crippen LogP contribution in [0.5, 0.6) is 0 Å². The van der Waals surface area contributed by atoms with E-state index in [4.69, 9.17) is 0 Å². The fourth-order valence-electron chi connectivity index (χ4n) is 19.6. The molecule has 0 aliphatic rings. The zero-order chi connectivity index (χ0) is 94.3. The van der Waals surface area contributed by atoms with E-state index >= 15 is 0 Å². The maximum atomic E-state index is 2.37. The molecule has 141 heavy (non-hydrogen) atoms. The minimum absolute atomic E-state index is 1.10. The predicted octanol–water partition coefficient (Wildman–Crippen LogP) is 38.9. The molecule has 3 nitrogen and oxygen atoms in total. The van der Waals surface area contributed by atoms with Gasteiger partial charge >= 0.3 is 0 Å². The zero-order valence-electron chi connectivity index (χ0n) is 78.0. The standard InChI is InChI=1S/3C46H33N/c1-5-15-34(16-6-1)38-27-30-46(45(32-38)37-19-9-3-10-20-37)47(41-22-11-4-12-23-41)42-28-25-35(26-29-42)40-31-39-21-13-14-24-43(39)44(33-40)36-17-7-2-8-18-36;1-5-15-34(16-6-1)39-30-40(35-17-7-2-8-18-35)32-44(31-39)47(42-22-11-4-12-23-42)43-27-25-36(26-28-43)41-29-38-21-13-14-24-45(38)46(33-41)37-19-9-3-10-20-37;1-4-14-35(15-5-1)43-21-12-13-22-44(43)37-26-30-42(31-27-37)47(40-19-8-3-9-20-40)41-28-24-34(25-29-41)39-32-38-18-10-11-23-45(38)46(33-39)36-16-6-2-7-17-36/h3*1-33H. The summed E-state index contributed by atoms with van der Waals surface area (Å²) in [5, 5.41) is 7.52. The monoisotopic (exact) mass is 1800 g/mol. The summed E-state index contributed by atoms with van der Waals surface area (Å²) in [6, 6.07) is 215. The molecule has 24 aromatic carbocycles. The molecule has 0 radical (unpaired) electrons. The third-order valence-electron chi connectivity index (χ3n) is 26.5. The lowest BCUT2D eigenvalue weighted by atomic mass is 9.93. The SMILES string of the molecule is c1ccc(-c2cc(-c3ccccc3)cc(N(c3ccccc3)c3ccc(-c4cc(-c5ccccc5)c5ccccc5c4)cc3)c2)cc1.c1ccc(-c2ccc(N(c3ccccc3)c3ccc(-c4cc(-c5ccccc5)c5ccccc5c4)cc3)c(-c3ccccc3)c2)cc1.c1ccc(-c2ccccc2-c2ccc(N(c3ccccc3)c3ccc(-c4cc(-c5ccccc5)c5ccccc5c4)cc3)cc2)cc1. The fourth-order valence-corrected chi connectivity index (χ4v) is 19.6. The Labute approximate surface area is 826 Å². The van der Waals surface area contributed by atoms with Gasteiger partial charge in [-0.3, -0.25) is 0 Å². The Balaban J connectivity index is 0.000000121. The van der Waals surface area contributed by atoms with Gasteiger partial charge in [0.05, 0.1) is 5.69 Å². The number of benzene rings is 24. The molecule has 0 heterocycles. The highest BCUT2D eigenvalue weighted by molar-refractivity contribution is 6.04. The molecular formula is C138H99N3. The summed E-state index contributed by atoms with van der Waals surface area (Å²) < 4.78 is 0. The number of nitrogens with zero attached hydrogens (tertiary/aromatic N) is 3. The smallest absolute Gasteiger partial charge is 0.0540 e. The van der Waals surface area contributed by atoms with Gasteiger partial charge in [0, 0.05) is 51.1 Å². The number of anilines is 9. The number of hydrogen-bond donors (Lipinski definition) is 0. The fraction of sp³-hybridized carbons (Fsp3) is 0. The van der Waals surface area contributed by atoms with Crippen molar-refractivity contribution in [2.45, 2.75) is 0 Å². The molecule has 0 aromatic heterocycles. The molecule has 3 heteroatoms. The van der Waals surface area contributed by atoms with Crippen molar-refractivity contribution in [1.82, 2.24) is 0 Å². The minimum atomic E-state index is 1.10. The largest absolute Gasteiger partial charge is 0.311 e. The first-order valence-electron chi connectivity index (χ1n) is 48.3. The van der Waals surface area contributed by atoms with Crippen LogP contribution in [0.4, 0.5) is 51.2 Å². The zero-order valence-corrected chi connectivity index (χ0v) is 78.0. The van der Waals surface area contributed by atoms with Crippen LogP contribution in [0.15, 0.2) is 601 Å². The quantitative estimate of drug-likeness (QED) is 0.0710. The molecule has 0 amide bonds. The number of hydrogen-bond acceptors (Lipinski definition) is 3. The molecule has 0 aliphatic carbocycles. The Kier molecular flexibility index (Phi) is 25.7. The van der Waals surface area contributed by atoms with E-state index in [9.17, 15) is 0 Å². The Hall–Kier alpha value is -18.5. The highest BCUT2D eigenvalue weighted by Gasteiger charge is 2.23. The lowest BCUT2D eigenvalue weighted by molar-refractivity contribution is 1.28. The van der Waals surface area contributed by atoms with Crippen molar-refractivity contribution in [2.75, 3.05) is 14.7 Å². The van der Waals surface area contributed by atoms with Gasteiger partial charge in [0.25, 0.3) is 0 Å². The predicted molar refractivity (Wildman–Crippen MR) is 601 cm³/mol. The summed E-state index contributed by atoms with van der Waals surface area (Å²) in [5.41, 5.74) is 39.1. The van der Waals surface area contributed by atoms with Crippen LogP contribution in [-0.2, 0) is 0 Å². The molecular weight excluding hydrogens is 1700 g/mol. The van der Waals surface area contributed by atoms with E-state index in [1.165, 1.54) is 166 Å². The van der Waals surface area contributed by atoms with Gasteiger partial charge in [0.1, 0.15) is 0 Å². The first kappa shape index (κ1) is 87.8. The molecule has 0 atom stereocenters. The maximum absolute atomic E-state index is 2.37. The molecule has 666 valence electrons. The summed E-state index contributed by atoms with van der Waals surface area (Å²) >= 11 is 0. The molecule has 0 aliphatic heterocycles. The third-order valence-corrected chi connectivity index (χ3v) is 26.5. The van der Waals surface area contributed by atoms with Crippen LogP contribution in [0.3, 0.4) is 0 Å². The molecule has 0 bridgehead atoms. The van der Waals surface area contributed by atoms with Gasteiger partial charge in [-0.05, 0) is 312 Å². The van der Waals surface area contributed by atoms with Gasteiger partial charge < -0.3 is 14.7 Å². The van der Waals surface area contributed by atoms with Gasteiger partial charge in [0.2, 0.25) is 0 Å². The average Bonchev–Trinajstić information content (AvgIpc) is 0.931. The van der Waals surface area contributed by atoms with Gasteiger partial charge in [-0.15, -0.1) is 0 Å². The van der Waals surface area contributed by atoms with Crippen LogP contribution in [0.2, 0.25) is 0 Å². The van der Waals surface area contributed by atoms with E-state index in [-0.39, 0.29) is 0 Å². The van der Waals surface area contributed by atoms with Crippen LogP contribution >= 0.6 is 0 Å². The van der Waals surface area contributed by atoms with Gasteiger partial charge in [0.15, 0.2) is 0 Å². The van der Waals surface area contributed by atoms with Crippen LogP contribution in [0, 0.1) is 0 Å². The minimum Gasteiger partial charge on any atom is -0.311 e. The lowest BCUT2D eigenvalue weighted by Crippen LogP contribution is -2.11. The normalized spacial score (nSPS) is 11.0. The summed E-state index contributed by atoms with van der Waals surface area (Å²) in [7, 11) is 0. The van der Waals surface area contributed by atoms with Gasteiger partial charge in [-0.2, -0.15) is 0 Å². The van der Waals surface area contributed by atoms with Crippen molar-refractivity contribution < 1.29 is 0 Å². The lowest BCUT2D eigenvalue weighted by Gasteiger charge is -2.28. The van der Waals surface area contributed by atoms with Crippen molar-refractivity contribution in [3.8, 4) is 134 Å². The first-order chi connectivity index (χ1) is 69.9. The summed E-state index contributed by atoms with van der Waals surface area (Å²) in [4.78, 5) is 7.06. The van der Waals surface area contributed by atoms with Crippen LogP contribution in [0.25, 0.3) is 166 Å². The Morgan fingerprint density at radius 3 is 0.617 bits per heavy atom. The number of para-hydroxylation sites is 3. The molecule has 0 saturated carbocycles. The van der Waals surface area contributed by atoms with Gasteiger partial charge in [-0.25, -0.2) is 0 Å². The molecule has 24 rings (SSSR count). The number of fused-ring (bicyclic) bond motifs is 3. The summed E-state index contributed by atoms with van der Waals surface area (Å²) in [6.45, 7) is 0. The molecule has 0 saturated heterocycles. The first-order valence-corrected chi connectivity index (χ1v) is 48.3. The van der Waals surface area contributed by atoms with E-state index in [2.05, 4.69) is 615 Å². The van der Waals surface area contributed by atoms with Crippen molar-refractivity contribution in [1.29, 1.82) is 0 Å². The van der Waals surface area contributed by atoms with E-state index in [1.807, 2.05) is 0 Å². The summed E-state index contributed by atoms with van der Waals surface area (Å²) in [5.74, 6) is 0. The van der Waals surface area contributed by atoms with E-state index in [1.54, 1.807) is 0 Å². The molecule has 0 fully saturated rings. The van der Waals surface area contributed by atoms with Crippen molar-refractivity contribution in [3.63, 3.8) is 0 Å². The van der Waals surface area contributed by atoms with Crippen LogP contribution < -0.4 is 14.7 Å². The third kappa shape index (κ3) is 19.5. The highest BCUT2D eigenvalue weighted by Crippen LogP contribution is 2.48. The van der Waals surface area contributed by atoms with E-state index in [0.717, 1.165) is 51.2 Å². The topological polar surface area (TPSA) is 9.72 Å². The number of rotatable bonds is 21. The second kappa shape index (κ2) is 41.3. The molecule has 24 aromatic rings. The Morgan fingerprint density at radius 2 is 0.291 bits per heavy atom. The molecule has 0 spiro atoms. The summed E-state index contributed by atoms with van der Waals surface area (Å²) in [6.07, 6.45) is 0. The van der Waals surface area contributed by atoms with Crippen molar-refractivity contribution >= 4 is 83.5 Å². The second-order valence-electron chi connectivity index (χ2n) is 35.4. The van der Waals surface area contributed by atoms with Crippen molar-refractivity contribution in [2.24, 2.45) is 0 Å². The van der Waals surface area contributed by atoms with Gasteiger partial charge in [-0.1, -0.05) is 449 Å². The maximum Gasteiger partial charge on any atom is 0.0540 e.